The first-order valence-corrected chi connectivity index (χ1v) is 5.73. The normalized spacial score (nSPS) is 11.5. The van der Waals surface area contributed by atoms with Crippen LogP contribution in [0.5, 0.6) is 0 Å². The molecule has 4 heteroatoms. The molecule has 2 aromatic rings. The van der Waals surface area contributed by atoms with Gasteiger partial charge in [0.2, 0.25) is 5.69 Å². The second kappa shape index (κ2) is 5.21. The molecule has 0 unspecified atom stereocenters. The third kappa shape index (κ3) is 3.22. The van der Waals surface area contributed by atoms with Crippen LogP contribution < -0.4 is 0 Å². The molecule has 0 atom stereocenters. The minimum atomic E-state index is 0.493. The van der Waals surface area contributed by atoms with E-state index in [9.17, 15) is 5.21 Å². The van der Waals surface area contributed by atoms with E-state index in [-0.39, 0.29) is 0 Å². The van der Waals surface area contributed by atoms with Gasteiger partial charge in [0.05, 0.1) is 0 Å². The van der Waals surface area contributed by atoms with Gasteiger partial charge in [0.1, 0.15) is 0 Å². The van der Waals surface area contributed by atoms with Gasteiger partial charge in [-0.05, 0) is 30.3 Å². The first kappa shape index (κ1) is 12.0. The summed E-state index contributed by atoms with van der Waals surface area (Å²) in [5.74, 6) is 0. The minimum Gasteiger partial charge on any atom is -0.618 e. The van der Waals surface area contributed by atoms with Crippen LogP contribution in [0.3, 0.4) is 0 Å². The lowest BCUT2D eigenvalue weighted by Crippen LogP contribution is -1.98. The first-order valence-electron chi connectivity index (χ1n) is 4.97. The molecule has 0 radical (unpaired) electrons. The van der Waals surface area contributed by atoms with E-state index in [4.69, 9.17) is 23.2 Å². The van der Waals surface area contributed by atoms with Crippen molar-refractivity contribution in [3.05, 3.63) is 69.3 Å². The average Bonchev–Trinajstić information content (AvgIpc) is 2.32. The van der Waals surface area contributed by atoms with Crippen molar-refractivity contribution in [3.8, 4) is 0 Å². The van der Waals surface area contributed by atoms with Crippen molar-refractivity contribution in [2.75, 3.05) is 0 Å². The van der Waals surface area contributed by atoms with E-state index in [2.05, 4.69) is 0 Å². The van der Waals surface area contributed by atoms with Gasteiger partial charge < -0.3 is 5.21 Å². The fourth-order valence-electron chi connectivity index (χ4n) is 1.37. The molecular formula is C13H9Cl2NO. The highest BCUT2D eigenvalue weighted by molar-refractivity contribution is 6.31. The highest BCUT2D eigenvalue weighted by atomic mass is 35.5. The zero-order valence-corrected chi connectivity index (χ0v) is 10.3. The number of hydrogen-bond acceptors (Lipinski definition) is 1. The van der Waals surface area contributed by atoms with Gasteiger partial charge >= 0.3 is 0 Å². The molecule has 0 heterocycles. The summed E-state index contributed by atoms with van der Waals surface area (Å²) in [5.41, 5.74) is 1.27. The van der Waals surface area contributed by atoms with Gasteiger partial charge in [-0.3, -0.25) is 0 Å². The summed E-state index contributed by atoms with van der Waals surface area (Å²) >= 11 is 11.6. The summed E-state index contributed by atoms with van der Waals surface area (Å²) in [6.45, 7) is 0. The zero-order valence-electron chi connectivity index (χ0n) is 8.81. The van der Waals surface area contributed by atoms with Crippen LogP contribution in [0, 0.1) is 5.21 Å². The SMILES string of the molecule is [O-][N+](=Cc1ccc(Cl)cc1)c1cccc(Cl)c1. The summed E-state index contributed by atoms with van der Waals surface area (Å²) in [6.07, 6.45) is 1.47. The molecule has 0 saturated carbocycles. The van der Waals surface area contributed by atoms with Gasteiger partial charge in [-0.2, -0.15) is 4.74 Å². The predicted octanol–water partition coefficient (Wildman–Crippen LogP) is 4.25. The zero-order chi connectivity index (χ0) is 12.3. The van der Waals surface area contributed by atoms with Crippen LogP contribution in [0.15, 0.2) is 48.5 Å². The van der Waals surface area contributed by atoms with Crippen LogP contribution in [0.2, 0.25) is 10.0 Å². The lowest BCUT2D eigenvalue weighted by Gasteiger charge is -2.03. The van der Waals surface area contributed by atoms with E-state index in [1.54, 1.807) is 48.5 Å². The molecule has 86 valence electrons. The number of benzene rings is 2. The average molecular weight is 266 g/mol. The molecule has 0 aliphatic rings. The third-order valence-corrected chi connectivity index (χ3v) is 2.69. The highest BCUT2D eigenvalue weighted by Crippen LogP contribution is 2.17. The van der Waals surface area contributed by atoms with E-state index in [1.807, 2.05) is 0 Å². The van der Waals surface area contributed by atoms with Gasteiger partial charge in [0.25, 0.3) is 0 Å². The van der Waals surface area contributed by atoms with Crippen LogP contribution in [-0.4, -0.2) is 11.0 Å². The molecule has 17 heavy (non-hydrogen) atoms. The molecule has 0 fully saturated rings. The van der Waals surface area contributed by atoms with Crippen molar-refractivity contribution in [1.82, 2.24) is 0 Å². The Morgan fingerprint density at radius 1 is 0.941 bits per heavy atom. The maximum Gasteiger partial charge on any atom is 0.217 e. The fourth-order valence-corrected chi connectivity index (χ4v) is 1.68. The van der Waals surface area contributed by atoms with Crippen molar-refractivity contribution in [3.63, 3.8) is 0 Å². The van der Waals surface area contributed by atoms with E-state index in [0.717, 1.165) is 10.3 Å². The number of rotatable bonds is 2. The molecule has 2 aromatic carbocycles. The smallest absolute Gasteiger partial charge is 0.217 e. The maximum absolute atomic E-state index is 11.8. The van der Waals surface area contributed by atoms with Gasteiger partial charge in [0.15, 0.2) is 6.21 Å². The maximum atomic E-state index is 11.8. The third-order valence-electron chi connectivity index (χ3n) is 2.20. The molecule has 0 aliphatic heterocycles. The van der Waals surface area contributed by atoms with Gasteiger partial charge in [0, 0.05) is 27.7 Å². The quantitative estimate of drug-likeness (QED) is 0.345. The van der Waals surface area contributed by atoms with Gasteiger partial charge in [-0.25, -0.2) is 0 Å². The van der Waals surface area contributed by atoms with Crippen molar-refractivity contribution in [2.45, 2.75) is 0 Å². The summed E-state index contributed by atoms with van der Waals surface area (Å²) in [6, 6.07) is 13.8. The minimum absolute atomic E-state index is 0.493. The van der Waals surface area contributed by atoms with Crippen LogP contribution in [0.25, 0.3) is 0 Å². The van der Waals surface area contributed by atoms with Crippen LogP contribution >= 0.6 is 23.2 Å². The topological polar surface area (TPSA) is 26.1 Å². The van der Waals surface area contributed by atoms with Crippen molar-refractivity contribution in [1.29, 1.82) is 0 Å². The van der Waals surface area contributed by atoms with Crippen LogP contribution in [0.4, 0.5) is 5.69 Å². The Morgan fingerprint density at radius 2 is 1.65 bits per heavy atom. The number of nitrogens with zero attached hydrogens (tertiary/aromatic N) is 1. The van der Waals surface area contributed by atoms with Crippen LogP contribution in [0.1, 0.15) is 5.56 Å². The van der Waals surface area contributed by atoms with Gasteiger partial charge in [-0.15, -0.1) is 0 Å². The standard InChI is InChI=1S/C13H9Cl2NO/c14-11-6-4-10(5-7-11)9-16(17)13-3-1-2-12(15)8-13/h1-9H. The largest absolute Gasteiger partial charge is 0.618 e. The van der Waals surface area contributed by atoms with Crippen molar-refractivity contribution < 1.29 is 4.74 Å². The second-order valence-electron chi connectivity index (χ2n) is 3.49. The molecule has 0 spiro atoms. The van der Waals surface area contributed by atoms with E-state index in [0.29, 0.717) is 15.7 Å². The van der Waals surface area contributed by atoms with Crippen LogP contribution in [-0.2, 0) is 0 Å². The molecule has 0 N–H and O–H groups in total. The fraction of sp³-hybridized carbons (Fsp3) is 0. The number of halogens is 2. The Balaban J connectivity index is 2.30. The molecule has 0 amide bonds. The summed E-state index contributed by atoms with van der Waals surface area (Å²) < 4.78 is 0.773. The Bertz CT molecular complexity index is 550. The molecule has 2 nitrogen and oxygen atoms in total. The van der Waals surface area contributed by atoms with Crippen molar-refractivity contribution in [2.24, 2.45) is 0 Å². The number of hydrogen-bond donors (Lipinski definition) is 0. The monoisotopic (exact) mass is 265 g/mol. The van der Waals surface area contributed by atoms with E-state index >= 15 is 0 Å². The Kier molecular flexibility index (Phi) is 3.67. The van der Waals surface area contributed by atoms with Crippen molar-refractivity contribution >= 4 is 35.1 Å². The Morgan fingerprint density at radius 3 is 2.29 bits per heavy atom. The summed E-state index contributed by atoms with van der Waals surface area (Å²) in [4.78, 5) is 0. The Labute approximate surface area is 109 Å². The molecule has 0 aromatic heterocycles. The molecule has 0 aliphatic carbocycles. The Hall–Kier alpha value is -1.51. The molecule has 0 saturated heterocycles. The van der Waals surface area contributed by atoms with Gasteiger partial charge in [-0.1, -0.05) is 29.3 Å². The second-order valence-corrected chi connectivity index (χ2v) is 4.36. The summed E-state index contributed by atoms with van der Waals surface area (Å²) in [5, 5.41) is 13.0. The molecule has 2 rings (SSSR count). The lowest BCUT2D eigenvalue weighted by atomic mass is 10.2. The summed E-state index contributed by atoms with van der Waals surface area (Å²) in [7, 11) is 0. The lowest BCUT2D eigenvalue weighted by molar-refractivity contribution is -0.354. The molecular weight excluding hydrogens is 257 g/mol. The molecule has 0 bridgehead atoms. The van der Waals surface area contributed by atoms with E-state index in [1.165, 1.54) is 6.21 Å². The predicted molar refractivity (Wildman–Crippen MR) is 71.4 cm³/mol. The van der Waals surface area contributed by atoms with E-state index < -0.39 is 0 Å². The highest BCUT2D eigenvalue weighted by Gasteiger charge is 2.02. The first-order chi connectivity index (χ1) is 8.15.